The molecule has 0 amide bonds. The summed E-state index contributed by atoms with van der Waals surface area (Å²) in [5, 5.41) is 9.13. The van der Waals surface area contributed by atoms with Crippen LogP contribution in [0.25, 0.3) is 0 Å². The van der Waals surface area contributed by atoms with Crippen LogP contribution in [0.3, 0.4) is 0 Å². The second kappa shape index (κ2) is 5.28. The van der Waals surface area contributed by atoms with Gasteiger partial charge >= 0.3 is 0 Å². The Morgan fingerprint density at radius 3 is 2.94 bits per heavy atom. The number of benzene rings is 1. The first-order valence-electron chi connectivity index (χ1n) is 5.92. The molecule has 2 rings (SSSR count). The van der Waals surface area contributed by atoms with Crippen molar-refractivity contribution in [2.24, 2.45) is 5.92 Å². The van der Waals surface area contributed by atoms with Crippen molar-refractivity contribution in [2.45, 2.75) is 25.4 Å². The fourth-order valence-electron chi connectivity index (χ4n) is 2.24. The van der Waals surface area contributed by atoms with Gasteiger partial charge in [0.05, 0.1) is 18.8 Å². The standard InChI is InChI=1S/C14H14FNO2/c1-9-5-11(8-18-9)14(17)13(7-16)10-3-2-4-12(15)6-10/h2-4,6,9,11,13H,5,8H2,1H3. The molecule has 94 valence electrons. The van der Waals surface area contributed by atoms with Gasteiger partial charge in [-0.3, -0.25) is 4.79 Å². The minimum absolute atomic E-state index is 0.0470. The number of carbonyl (C=O) groups excluding carboxylic acids is 1. The molecule has 0 N–H and O–H groups in total. The van der Waals surface area contributed by atoms with E-state index in [-0.39, 0.29) is 17.8 Å². The Hall–Kier alpha value is -1.73. The number of nitriles is 1. The van der Waals surface area contributed by atoms with Gasteiger partial charge in [-0.15, -0.1) is 0 Å². The number of hydrogen-bond acceptors (Lipinski definition) is 3. The number of ketones is 1. The first kappa shape index (κ1) is 12.7. The molecule has 1 saturated heterocycles. The van der Waals surface area contributed by atoms with Gasteiger partial charge in [-0.1, -0.05) is 12.1 Å². The number of Topliss-reactive ketones (excluding diaryl/α,β-unsaturated/α-hetero) is 1. The third-order valence-electron chi connectivity index (χ3n) is 3.20. The Labute approximate surface area is 105 Å². The Bertz CT molecular complexity index is 495. The topological polar surface area (TPSA) is 50.1 Å². The fourth-order valence-corrected chi connectivity index (χ4v) is 2.24. The van der Waals surface area contributed by atoms with Crippen LogP contribution in [0.2, 0.25) is 0 Å². The summed E-state index contributed by atoms with van der Waals surface area (Å²) in [6, 6.07) is 7.62. The largest absolute Gasteiger partial charge is 0.378 e. The lowest BCUT2D eigenvalue weighted by Crippen LogP contribution is -2.21. The lowest BCUT2D eigenvalue weighted by molar-refractivity contribution is -0.123. The molecule has 4 heteroatoms. The van der Waals surface area contributed by atoms with Crippen LogP contribution >= 0.6 is 0 Å². The third kappa shape index (κ3) is 2.57. The fraction of sp³-hybridized carbons (Fsp3) is 0.429. The van der Waals surface area contributed by atoms with Gasteiger partial charge in [-0.05, 0) is 31.0 Å². The van der Waals surface area contributed by atoms with Gasteiger partial charge in [0, 0.05) is 5.92 Å². The summed E-state index contributed by atoms with van der Waals surface area (Å²) in [4.78, 5) is 12.2. The molecule has 3 unspecified atom stereocenters. The summed E-state index contributed by atoms with van der Waals surface area (Å²) in [7, 11) is 0. The van der Waals surface area contributed by atoms with Crippen molar-refractivity contribution in [1.82, 2.24) is 0 Å². The summed E-state index contributed by atoms with van der Waals surface area (Å²) < 4.78 is 18.5. The van der Waals surface area contributed by atoms with E-state index in [1.54, 1.807) is 6.07 Å². The van der Waals surface area contributed by atoms with E-state index < -0.39 is 11.7 Å². The van der Waals surface area contributed by atoms with Gasteiger partial charge < -0.3 is 4.74 Å². The van der Waals surface area contributed by atoms with Gasteiger partial charge in [0.1, 0.15) is 11.7 Å². The van der Waals surface area contributed by atoms with Crippen molar-refractivity contribution in [2.75, 3.05) is 6.61 Å². The maximum absolute atomic E-state index is 13.1. The molecular weight excluding hydrogens is 233 g/mol. The molecule has 0 saturated carbocycles. The van der Waals surface area contributed by atoms with Crippen molar-refractivity contribution in [1.29, 1.82) is 5.26 Å². The third-order valence-corrected chi connectivity index (χ3v) is 3.20. The molecule has 3 atom stereocenters. The lowest BCUT2D eigenvalue weighted by Gasteiger charge is -2.12. The highest BCUT2D eigenvalue weighted by Gasteiger charge is 2.33. The zero-order valence-electron chi connectivity index (χ0n) is 10.1. The summed E-state index contributed by atoms with van der Waals surface area (Å²) in [5.74, 6) is -1.77. The van der Waals surface area contributed by atoms with E-state index in [1.165, 1.54) is 18.2 Å². The molecule has 1 aromatic carbocycles. The Balaban J connectivity index is 2.19. The molecular formula is C14H14FNO2. The van der Waals surface area contributed by atoms with Crippen LogP contribution in [0, 0.1) is 23.1 Å². The number of carbonyl (C=O) groups is 1. The van der Waals surface area contributed by atoms with Gasteiger partial charge in [-0.2, -0.15) is 5.26 Å². The summed E-state index contributed by atoms with van der Waals surface area (Å²) >= 11 is 0. The minimum atomic E-state index is -0.903. The van der Waals surface area contributed by atoms with Gasteiger partial charge in [-0.25, -0.2) is 4.39 Å². The summed E-state index contributed by atoms with van der Waals surface area (Å²) in [6.07, 6.45) is 0.678. The molecule has 1 aliphatic heterocycles. The van der Waals surface area contributed by atoms with Crippen LogP contribution in [0.15, 0.2) is 24.3 Å². The van der Waals surface area contributed by atoms with Crippen molar-refractivity contribution in [3.8, 4) is 6.07 Å². The Morgan fingerprint density at radius 2 is 2.39 bits per heavy atom. The van der Waals surface area contributed by atoms with Crippen LogP contribution in [0.4, 0.5) is 4.39 Å². The van der Waals surface area contributed by atoms with E-state index in [0.29, 0.717) is 18.6 Å². The van der Waals surface area contributed by atoms with E-state index in [9.17, 15) is 9.18 Å². The van der Waals surface area contributed by atoms with Crippen LogP contribution < -0.4 is 0 Å². The van der Waals surface area contributed by atoms with Gasteiger partial charge in [0.25, 0.3) is 0 Å². The number of ether oxygens (including phenoxy) is 1. The van der Waals surface area contributed by atoms with Crippen molar-refractivity contribution in [3.05, 3.63) is 35.6 Å². The summed E-state index contributed by atoms with van der Waals surface area (Å²) in [6.45, 7) is 2.25. The van der Waals surface area contributed by atoms with Gasteiger partial charge in [0.2, 0.25) is 0 Å². The number of rotatable bonds is 3. The molecule has 3 nitrogen and oxygen atoms in total. The predicted octanol–water partition coefficient (Wildman–Crippen LogP) is 2.43. The Kier molecular flexibility index (Phi) is 3.73. The molecule has 0 spiro atoms. The van der Waals surface area contributed by atoms with Crippen molar-refractivity contribution < 1.29 is 13.9 Å². The van der Waals surface area contributed by atoms with E-state index in [1.807, 2.05) is 13.0 Å². The Morgan fingerprint density at radius 1 is 1.61 bits per heavy atom. The number of halogens is 1. The average molecular weight is 247 g/mol. The molecule has 1 heterocycles. The van der Waals surface area contributed by atoms with Crippen molar-refractivity contribution >= 4 is 5.78 Å². The van der Waals surface area contributed by atoms with Crippen LogP contribution in [0.5, 0.6) is 0 Å². The molecule has 0 aliphatic carbocycles. The van der Waals surface area contributed by atoms with Crippen LogP contribution in [0.1, 0.15) is 24.8 Å². The average Bonchev–Trinajstić information content (AvgIpc) is 2.77. The zero-order chi connectivity index (χ0) is 13.1. The molecule has 1 aromatic rings. The van der Waals surface area contributed by atoms with E-state index >= 15 is 0 Å². The van der Waals surface area contributed by atoms with Crippen LogP contribution in [-0.4, -0.2) is 18.5 Å². The molecule has 0 bridgehead atoms. The lowest BCUT2D eigenvalue weighted by atomic mass is 9.87. The summed E-state index contributed by atoms with van der Waals surface area (Å²) in [5.41, 5.74) is 0.419. The second-order valence-electron chi connectivity index (χ2n) is 4.60. The van der Waals surface area contributed by atoms with Gasteiger partial charge in [0.15, 0.2) is 5.78 Å². The van der Waals surface area contributed by atoms with Crippen molar-refractivity contribution in [3.63, 3.8) is 0 Å². The highest BCUT2D eigenvalue weighted by Crippen LogP contribution is 2.27. The maximum atomic E-state index is 13.1. The molecule has 1 fully saturated rings. The minimum Gasteiger partial charge on any atom is -0.378 e. The molecule has 0 aromatic heterocycles. The second-order valence-corrected chi connectivity index (χ2v) is 4.60. The monoisotopic (exact) mass is 247 g/mol. The van der Waals surface area contributed by atoms with E-state index in [2.05, 4.69) is 0 Å². The number of hydrogen-bond donors (Lipinski definition) is 0. The van der Waals surface area contributed by atoms with E-state index in [0.717, 1.165) is 0 Å². The molecule has 0 radical (unpaired) electrons. The number of nitrogens with zero attached hydrogens (tertiary/aromatic N) is 1. The maximum Gasteiger partial charge on any atom is 0.159 e. The molecule has 18 heavy (non-hydrogen) atoms. The predicted molar refractivity (Wildman–Crippen MR) is 63.3 cm³/mol. The highest BCUT2D eigenvalue weighted by atomic mass is 19.1. The highest BCUT2D eigenvalue weighted by molar-refractivity contribution is 5.90. The van der Waals surface area contributed by atoms with E-state index in [4.69, 9.17) is 10.00 Å². The quantitative estimate of drug-likeness (QED) is 0.824. The normalized spacial score (nSPS) is 24.5. The smallest absolute Gasteiger partial charge is 0.159 e. The first-order chi connectivity index (χ1) is 8.61. The van der Waals surface area contributed by atoms with Crippen LogP contribution in [-0.2, 0) is 9.53 Å². The first-order valence-corrected chi connectivity index (χ1v) is 5.92. The molecule has 1 aliphatic rings. The zero-order valence-corrected chi connectivity index (χ0v) is 10.1. The SMILES string of the molecule is CC1CC(C(=O)C(C#N)c2cccc(F)c2)CO1.